The van der Waals surface area contributed by atoms with Crippen LogP contribution in [0.5, 0.6) is 0 Å². The first-order valence-corrected chi connectivity index (χ1v) is 7.81. The van der Waals surface area contributed by atoms with E-state index in [4.69, 9.17) is 9.31 Å². The van der Waals surface area contributed by atoms with Crippen molar-refractivity contribution in [3.63, 3.8) is 0 Å². The summed E-state index contributed by atoms with van der Waals surface area (Å²) in [5.74, 6) is -0.288. The molecule has 2 aromatic rings. The fourth-order valence-corrected chi connectivity index (χ4v) is 2.36. The number of hydrogen-bond acceptors (Lipinski definition) is 5. The van der Waals surface area contributed by atoms with Crippen LogP contribution < -0.4 is 10.8 Å². The number of aromatic nitrogens is 2. The zero-order valence-electron chi connectivity index (χ0n) is 14.2. The predicted molar refractivity (Wildman–Crippen MR) is 92.1 cm³/mol. The lowest BCUT2D eigenvalue weighted by Crippen LogP contribution is -2.41. The maximum absolute atomic E-state index is 12.2. The van der Waals surface area contributed by atoms with E-state index >= 15 is 0 Å². The van der Waals surface area contributed by atoms with Crippen LogP contribution >= 0.6 is 0 Å². The molecule has 0 saturated carbocycles. The van der Waals surface area contributed by atoms with E-state index in [9.17, 15) is 4.79 Å². The van der Waals surface area contributed by atoms with Gasteiger partial charge in [-0.1, -0.05) is 12.1 Å². The van der Waals surface area contributed by atoms with Gasteiger partial charge in [0.25, 0.3) is 5.91 Å². The third-order valence-corrected chi connectivity index (χ3v) is 4.48. The summed E-state index contributed by atoms with van der Waals surface area (Å²) >= 11 is 0. The van der Waals surface area contributed by atoms with Gasteiger partial charge in [0.05, 0.1) is 11.2 Å². The fraction of sp³-hybridized carbons (Fsp3) is 0.353. The Kier molecular flexibility index (Phi) is 4.15. The zero-order chi connectivity index (χ0) is 17.4. The molecular formula is C17H20BN3O3. The van der Waals surface area contributed by atoms with Gasteiger partial charge < -0.3 is 14.6 Å². The molecule has 1 aliphatic heterocycles. The Labute approximate surface area is 141 Å². The molecule has 1 amide bonds. The number of benzene rings is 1. The van der Waals surface area contributed by atoms with E-state index in [1.54, 1.807) is 6.07 Å². The normalized spacial score (nSPS) is 18.4. The number of hydrogen-bond donors (Lipinski definition) is 1. The van der Waals surface area contributed by atoms with Crippen LogP contribution in [-0.4, -0.2) is 34.2 Å². The van der Waals surface area contributed by atoms with Crippen LogP contribution in [0.25, 0.3) is 0 Å². The van der Waals surface area contributed by atoms with E-state index in [0.717, 1.165) is 5.46 Å². The largest absolute Gasteiger partial charge is 0.494 e. The molecule has 7 heteroatoms. The van der Waals surface area contributed by atoms with Crippen LogP contribution in [0.15, 0.2) is 42.9 Å². The lowest BCUT2D eigenvalue weighted by atomic mass is 9.79. The van der Waals surface area contributed by atoms with Gasteiger partial charge in [0.2, 0.25) is 0 Å². The average molecular weight is 325 g/mol. The quantitative estimate of drug-likeness (QED) is 0.874. The highest BCUT2D eigenvalue weighted by Gasteiger charge is 2.51. The number of nitrogens with zero attached hydrogens (tertiary/aromatic N) is 2. The molecule has 1 aliphatic rings. The molecule has 0 spiro atoms. The molecule has 1 N–H and O–H groups in total. The first-order valence-electron chi connectivity index (χ1n) is 7.81. The maximum atomic E-state index is 12.2. The molecule has 1 aromatic heterocycles. The van der Waals surface area contributed by atoms with Crippen LogP contribution in [0.4, 0.5) is 5.69 Å². The van der Waals surface area contributed by atoms with Gasteiger partial charge in [-0.15, -0.1) is 0 Å². The van der Waals surface area contributed by atoms with Crippen LogP contribution in [0, 0.1) is 0 Å². The van der Waals surface area contributed by atoms with Gasteiger partial charge in [0, 0.05) is 11.9 Å². The molecule has 2 heterocycles. The number of anilines is 1. The molecule has 0 radical (unpaired) electrons. The second-order valence-corrected chi connectivity index (χ2v) is 6.76. The zero-order valence-corrected chi connectivity index (χ0v) is 14.2. The summed E-state index contributed by atoms with van der Waals surface area (Å²) in [5, 5.41) is 2.82. The Morgan fingerprint density at radius 2 is 1.83 bits per heavy atom. The summed E-state index contributed by atoms with van der Waals surface area (Å²) in [5.41, 5.74) is 1.02. The van der Waals surface area contributed by atoms with Gasteiger partial charge in [0.1, 0.15) is 12.0 Å². The first kappa shape index (κ1) is 16.6. The molecule has 6 nitrogen and oxygen atoms in total. The summed E-state index contributed by atoms with van der Waals surface area (Å²) in [4.78, 5) is 19.9. The van der Waals surface area contributed by atoms with Crippen molar-refractivity contribution in [2.45, 2.75) is 38.9 Å². The smallest absolute Gasteiger partial charge is 0.399 e. The van der Waals surface area contributed by atoms with Crippen LogP contribution in [0.3, 0.4) is 0 Å². The van der Waals surface area contributed by atoms with Gasteiger partial charge in [-0.3, -0.25) is 4.79 Å². The molecule has 3 rings (SSSR count). The van der Waals surface area contributed by atoms with Gasteiger partial charge in [-0.05, 0) is 51.4 Å². The molecule has 0 atom stereocenters. The Morgan fingerprint density at radius 1 is 1.12 bits per heavy atom. The Balaban J connectivity index is 1.77. The van der Waals surface area contributed by atoms with Crippen molar-refractivity contribution < 1.29 is 14.1 Å². The van der Waals surface area contributed by atoms with Crippen molar-refractivity contribution in [1.82, 2.24) is 9.97 Å². The van der Waals surface area contributed by atoms with E-state index < -0.39 is 18.3 Å². The van der Waals surface area contributed by atoms with Gasteiger partial charge in [-0.25, -0.2) is 9.97 Å². The molecule has 24 heavy (non-hydrogen) atoms. The molecule has 0 aliphatic carbocycles. The predicted octanol–water partition coefficient (Wildman–Crippen LogP) is 2.03. The highest BCUT2D eigenvalue weighted by Crippen LogP contribution is 2.36. The standard InChI is InChI=1S/C17H20BN3O3/c1-16(2)17(3,4)24-18(23-16)12-6-5-7-13(10-12)21-15(22)14-8-9-19-11-20-14/h5-11H,1-4H3,(H,21,22). The van der Waals surface area contributed by atoms with Crippen molar-refractivity contribution in [3.8, 4) is 0 Å². The minimum atomic E-state index is -0.467. The van der Waals surface area contributed by atoms with Gasteiger partial charge in [0.15, 0.2) is 0 Å². The number of nitrogens with one attached hydrogen (secondary N) is 1. The second-order valence-electron chi connectivity index (χ2n) is 6.76. The SMILES string of the molecule is CC1(C)OB(c2cccc(NC(=O)c3ccncn3)c2)OC1(C)C. The molecule has 1 fully saturated rings. The minimum Gasteiger partial charge on any atom is -0.399 e. The van der Waals surface area contributed by atoms with Crippen molar-refractivity contribution >= 4 is 24.2 Å². The lowest BCUT2D eigenvalue weighted by molar-refractivity contribution is 0.00578. The third-order valence-electron chi connectivity index (χ3n) is 4.48. The topological polar surface area (TPSA) is 73.3 Å². The minimum absolute atomic E-state index is 0.288. The van der Waals surface area contributed by atoms with Crippen molar-refractivity contribution in [2.24, 2.45) is 0 Å². The number of rotatable bonds is 3. The Bertz CT molecular complexity index is 734. The van der Waals surface area contributed by atoms with Crippen molar-refractivity contribution in [1.29, 1.82) is 0 Å². The summed E-state index contributed by atoms with van der Waals surface area (Å²) < 4.78 is 12.1. The molecule has 124 valence electrons. The van der Waals surface area contributed by atoms with E-state index in [1.165, 1.54) is 12.5 Å². The maximum Gasteiger partial charge on any atom is 0.494 e. The molecule has 0 unspecified atom stereocenters. The summed E-state index contributed by atoms with van der Waals surface area (Å²) in [6.07, 6.45) is 2.87. The third kappa shape index (κ3) is 3.18. The van der Waals surface area contributed by atoms with E-state index in [1.807, 2.05) is 52.0 Å². The summed E-state index contributed by atoms with van der Waals surface area (Å²) in [7, 11) is -0.467. The van der Waals surface area contributed by atoms with Crippen molar-refractivity contribution in [3.05, 3.63) is 48.5 Å². The van der Waals surface area contributed by atoms with Crippen LogP contribution in [0.1, 0.15) is 38.2 Å². The van der Waals surface area contributed by atoms with Gasteiger partial charge in [-0.2, -0.15) is 0 Å². The lowest BCUT2D eigenvalue weighted by Gasteiger charge is -2.32. The first-order chi connectivity index (χ1) is 11.3. The highest BCUT2D eigenvalue weighted by molar-refractivity contribution is 6.62. The van der Waals surface area contributed by atoms with Crippen molar-refractivity contribution in [2.75, 3.05) is 5.32 Å². The molecule has 1 aromatic carbocycles. The van der Waals surface area contributed by atoms with E-state index in [0.29, 0.717) is 11.4 Å². The number of carbonyl (C=O) groups is 1. The van der Waals surface area contributed by atoms with E-state index in [-0.39, 0.29) is 5.91 Å². The molecule has 0 bridgehead atoms. The molecular weight excluding hydrogens is 305 g/mol. The fourth-order valence-electron chi connectivity index (χ4n) is 2.36. The average Bonchev–Trinajstić information content (AvgIpc) is 2.76. The highest BCUT2D eigenvalue weighted by atomic mass is 16.7. The Morgan fingerprint density at radius 3 is 2.46 bits per heavy atom. The summed E-state index contributed by atoms with van der Waals surface area (Å²) in [6, 6.07) is 9.00. The second kappa shape index (κ2) is 6.00. The summed E-state index contributed by atoms with van der Waals surface area (Å²) in [6.45, 7) is 8.03. The number of carbonyl (C=O) groups excluding carboxylic acids is 1. The monoisotopic (exact) mass is 325 g/mol. The number of amides is 1. The Hall–Kier alpha value is -2.25. The molecule has 1 saturated heterocycles. The van der Waals surface area contributed by atoms with Crippen LogP contribution in [0.2, 0.25) is 0 Å². The van der Waals surface area contributed by atoms with Crippen LogP contribution in [-0.2, 0) is 9.31 Å². The van der Waals surface area contributed by atoms with E-state index in [2.05, 4.69) is 15.3 Å². The van der Waals surface area contributed by atoms with Gasteiger partial charge >= 0.3 is 7.12 Å².